The summed E-state index contributed by atoms with van der Waals surface area (Å²) in [7, 11) is 0. The highest BCUT2D eigenvalue weighted by atomic mass is 35.5. The molecule has 0 aliphatic rings. The van der Waals surface area contributed by atoms with Gasteiger partial charge in [0.25, 0.3) is 0 Å². The summed E-state index contributed by atoms with van der Waals surface area (Å²) in [4.78, 5) is 14.0. The van der Waals surface area contributed by atoms with Crippen LogP contribution in [0.2, 0.25) is 5.02 Å². The zero-order valence-corrected chi connectivity index (χ0v) is 13.2. The van der Waals surface area contributed by atoms with Crippen LogP contribution in [-0.2, 0) is 11.8 Å². The maximum atomic E-state index is 13.7. The lowest BCUT2D eigenvalue weighted by Crippen LogP contribution is -2.08. The molecule has 0 aliphatic heterocycles. The van der Waals surface area contributed by atoms with E-state index in [0.29, 0.717) is 9.90 Å². The molecule has 0 N–H and O–H groups in total. The molecule has 0 fully saturated rings. The fraction of sp³-hybridized carbons (Fsp3) is 0.312. The first-order chi connectivity index (χ1) is 9.29. The van der Waals surface area contributed by atoms with Gasteiger partial charge in [0, 0.05) is 21.9 Å². The monoisotopic (exact) mass is 310 g/mol. The van der Waals surface area contributed by atoms with Gasteiger partial charge in [0.2, 0.25) is 0 Å². The molecule has 20 heavy (non-hydrogen) atoms. The van der Waals surface area contributed by atoms with Gasteiger partial charge in [0.05, 0.1) is 4.88 Å². The van der Waals surface area contributed by atoms with Crippen LogP contribution in [0, 0.1) is 5.82 Å². The van der Waals surface area contributed by atoms with E-state index in [9.17, 15) is 9.18 Å². The van der Waals surface area contributed by atoms with Crippen molar-refractivity contribution < 1.29 is 9.18 Å². The van der Waals surface area contributed by atoms with E-state index in [4.69, 9.17) is 11.6 Å². The number of benzene rings is 1. The van der Waals surface area contributed by atoms with Crippen molar-refractivity contribution in [1.29, 1.82) is 0 Å². The average Bonchev–Trinajstić information content (AvgIpc) is 2.83. The Balaban J connectivity index is 2.23. The lowest BCUT2D eigenvalue weighted by atomic mass is 9.95. The van der Waals surface area contributed by atoms with E-state index in [1.54, 1.807) is 6.07 Å². The molecule has 0 radical (unpaired) electrons. The summed E-state index contributed by atoms with van der Waals surface area (Å²) >= 11 is 7.41. The van der Waals surface area contributed by atoms with E-state index in [1.165, 1.54) is 23.5 Å². The third kappa shape index (κ3) is 3.28. The van der Waals surface area contributed by atoms with Crippen LogP contribution in [0.15, 0.2) is 30.3 Å². The summed E-state index contributed by atoms with van der Waals surface area (Å²) in [6, 6.07) is 8.23. The van der Waals surface area contributed by atoms with Crippen molar-refractivity contribution in [3.8, 4) is 0 Å². The summed E-state index contributed by atoms with van der Waals surface area (Å²) < 4.78 is 13.7. The molecule has 106 valence electrons. The van der Waals surface area contributed by atoms with Crippen LogP contribution in [0.25, 0.3) is 0 Å². The highest BCUT2D eigenvalue weighted by Crippen LogP contribution is 2.30. The van der Waals surface area contributed by atoms with Crippen LogP contribution < -0.4 is 0 Å². The van der Waals surface area contributed by atoms with Crippen LogP contribution in [0.5, 0.6) is 0 Å². The zero-order valence-electron chi connectivity index (χ0n) is 11.7. The minimum absolute atomic E-state index is 0.00436. The average molecular weight is 311 g/mol. The van der Waals surface area contributed by atoms with E-state index in [2.05, 4.69) is 20.8 Å². The van der Waals surface area contributed by atoms with Crippen molar-refractivity contribution in [3.63, 3.8) is 0 Å². The number of halogens is 2. The van der Waals surface area contributed by atoms with Gasteiger partial charge >= 0.3 is 0 Å². The van der Waals surface area contributed by atoms with Gasteiger partial charge in [-0.3, -0.25) is 4.79 Å². The van der Waals surface area contributed by atoms with E-state index in [0.717, 1.165) is 4.88 Å². The van der Waals surface area contributed by atoms with Gasteiger partial charge in [0.1, 0.15) is 5.82 Å². The van der Waals surface area contributed by atoms with Crippen molar-refractivity contribution in [3.05, 3.63) is 56.5 Å². The molecule has 0 unspecified atom stereocenters. The Bertz CT molecular complexity index is 620. The van der Waals surface area contributed by atoms with Crippen LogP contribution in [0.1, 0.15) is 40.9 Å². The molecule has 0 saturated carbocycles. The second-order valence-electron chi connectivity index (χ2n) is 5.71. The number of carbonyl (C=O) groups is 1. The molecule has 0 saturated heterocycles. The number of rotatable bonds is 3. The third-order valence-corrected chi connectivity index (χ3v) is 4.93. The molecular formula is C16H16ClFOS. The molecule has 0 aliphatic carbocycles. The summed E-state index contributed by atoms with van der Waals surface area (Å²) in [6.07, 6.45) is -0.00436. The van der Waals surface area contributed by atoms with Gasteiger partial charge in [-0.2, -0.15) is 0 Å². The van der Waals surface area contributed by atoms with Crippen molar-refractivity contribution in [2.24, 2.45) is 0 Å². The molecule has 1 heterocycles. The second kappa shape index (κ2) is 5.66. The van der Waals surface area contributed by atoms with Crippen molar-refractivity contribution >= 4 is 28.7 Å². The smallest absolute Gasteiger partial charge is 0.177 e. The van der Waals surface area contributed by atoms with E-state index >= 15 is 0 Å². The molecule has 0 amide bonds. The maximum absolute atomic E-state index is 13.7. The topological polar surface area (TPSA) is 17.1 Å². The first kappa shape index (κ1) is 15.2. The molecule has 0 atom stereocenters. The minimum atomic E-state index is -0.432. The van der Waals surface area contributed by atoms with Crippen LogP contribution >= 0.6 is 22.9 Å². The molecule has 1 nitrogen and oxygen atoms in total. The third-order valence-electron chi connectivity index (χ3n) is 3.02. The van der Waals surface area contributed by atoms with Gasteiger partial charge < -0.3 is 0 Å². The molecule has 1 aromatic carbocycles. The number of thiophene rings is 1. The largest absolute Gasteiger partial charge is 0.293 e. The lowest BCUT2D eigenvalue weighted by molar-refractivity contribution is 0.0995. The lowest BCUT2D eigenvalue weighted by Gasteiger charge is -2.15. The number of hydrogen-bond donors (Lipinski definition) is 0. The molecule has 0 bridgehead atoms. The van der Waals surface area contributed by atoms with Gasteiger partial charge in [-0.15, -0.1) is 11.3 Å². The quantitative estimate of drug-likeness (QED) is 0.706. The maximum Gasteiger partial charge on any atom is 0.177 e. The van der Waals surface area contributed by atoms with Crippen molar-refractivity contribution in [2.45, 2.75) is 32.6 Å². The normalized spacial score (nSPS) is 11.7. The van der Waals surface area contributed by atoms with E-state index in [-0.39, 0.29) is 23.2 Å². The fourth-order valence-corrected chi connectivity index (χ4v) is 3.07. The molecule has 2 aromatic rings. The second-order valence-corrected chi connectivity index (χ2v) is 7.21. The minimum Gasteiger partial charge on any atom is -0.293 e. The zero-order chi connectivity index (χ0) is 14.9. The van der Waals surface area contributed by atoms with Crippen molar-refractivity contribution in [1.82, 2.24) is 0 Å². The summed E-state index contributed by atoms with van der Waals surface area (Å²) in [5.41, 5.74) is 0.281. The van der Waals surface area contributed by atoms with Gasteiger partial charge in [0.15, 0.2) is 5.78 Å². The Morgan fingerprint density at radius 2 is 1.95 bits per heavy atom. The first-order valence-corrected chi connectivity index (χ1v) is 7.55. The Morgan fingerprint density at radius 1 is 1.25 bits per heavy atom. The predicted molar refractivity (Wildman–Crippen MR) is 82.5 cm³/mol. The van der Waals surface area contributed by atoms with Crippen molar-refractivity contribution in [2.75, 3.05) is 0 Å². The Morgan fingerprint density at radius 3 is 2.50 bits per heavy atom. The first-order valence-electron chi connectivity index (χ1n) is 6.35. The summed E-state index contributed by atoms with van der Waals surface area (Å²) in [5, 5.41) is 0.297. The molecule has 4 heteroatoms. The highest BCUT2D eigenvalue weighted by Gasteiger charge is 2.20. The molecule has 1 aromatic heterocycles. The Kier molecular flexibility index (Phi) is 4.31. The highest BCUT2D eigenvalue weighted by molar-refractivity contribution is 7.14. The predicted octanol–water partition coefficient (Wildman–Crippen LogP) is 5.26. The van der Waals surface area contributed by atoms with Gasteiger partial charge in [-0.05, 0) is 29.7 Å². The number of ketones is 1. The molecular weight excluding hydrogens is 295 g/mol. The SMILES string of the molecule is CC(C)(C)c1ccc(C(=O)Cc2c(F)cccc2Cl)s1. The van der Waals surface area contributed by atoms with E-state index < -0.39 is 5.82 Å². The van der Waals surface area contributed by atoms with Crippen LogP contribution in [0.3, 0.4) is 0 Å². The Labute approximate surface area is 127 Å². The summed E-state index contributed by atoms with van der Waals surface area (Å²) in [6.45, 7) is 6.29. The standard InChI is InChI=1S/C16H16ClFOS/c1-16(2,3)15-8-7-14(20-15)13(19)9-10-11(17)5-4-6-12(10)18/h4-8H,9H2,1-3H3. The van der Waals surface area contributed by atoms with Gasteiger partial charge in [-0.1, -0.05) is 38.4 Å². The number of carbonyl (C=O) groups excluding carboxylic acids is 1. The van der Waals surface area contributed by atoms with Crippen LogP contribution in [-0.4, -0.2) is 5.78 Å². The number of Topliss-reactive ketones (excluding diaryl/α,β-unsaturated/α-hetero) is 1. The number of hydrogen-bond acceptors (Lipinski definition) is 2. The van der Waals surface area contributed by atoms with E-state index in [1.807, 2.05) is 12.1 Å². The molecule has 2 rings (SSSR count). The molecule has 0 spiro atoms. The summed E-state index contributed by atoms with van der Waals surface area (Å²) in [5.74, 6) is -0.532. The van der Waals surface area contributed by atoms with Crippen LogP contribution in [0.4, 0.5) is 4.39 Å². The Hall–Kier alpha value is -1.19. The fourth-order valence-electron chi connectivity index (χ4n) is 1.84. The van der Waals surface area contributed by atoms with Gasteiger partial charge in [-0.25, -0.2) is 4.39 Å².